The van der Waals surface area contributed by atoms with Gasteiger partial charge in [0.1, 0.15) is 5.82 Å². The molecular formula is C14H14BrFN2. The number of aryl methyl sites for hydroxylation is 2. The fourth-order valence-corrected chi connectivity index (χ4v) is 2.07. The smallest absolute Gasteiger partial charge is 0.137 e. The molecule has 3 N–H and O–H groups in total. The zero-order chi connectivity index (χ0) is 13.3. The van der Waals surface area contributed by atoms with E-state index in [0.717, 1.165) is 22.5 Å². The van der Waals surface area contributed by atoms with E-state index in [0.29, 0.717) is 10.2 Å². The third-order valence-corrected chi connectivity index (χ3v) is 3.35. The summed E-state index contributed by atoms with van der Waals surface area (Å²) < 4.78 is 13.8. The molecule has 18 heavy (non-hydrogen) atoms. The summed E-state index contributed by atoms with van der Waals surface area (Å²) in [4.78, 5) is 0. The monoisotopic (exact) mass is 308 g/mol. The van der Waals surface area contributed by atoms with Gasteiger partial charge in [0.15, 0.2) is 0 Å². The maximum atomic E-state index is 13.3. The summed E-state index contributed by atoms with van der Waals surface area (Å²) in [6.07, 6.45) is 0. The number of hydrogen-bond acceptors (Lipinski definition) is 2. The number of nitrogens with two attached hydrogens (primary N) is 1. The van der Waals surface area contributed by atoms with Crippen LogP contribution in [-0.2, 0) is 0 Å². The predicted octanol–water partition coefficient (Wildman–Crippen LogP) is 4.53. The van der Waals surface area contributed by atoms with Crippen LogP contribution in [-0.4, -0.2) is 0 Å². The van der Waals surface area contributed by atoms with Crippen LogP contribution in [0, 0.1) is 19.7 Å². The Morgan fingerprint density at radius 1 is 1.11 bits per heavy atom. The Morgan fingerprint density at radius 2 is 1.83 bits per heavy atom. The molecule has 94 valence electrons. The second-order valence-electron chi connectivity index (χ2n) is 4.30. The molecule has 2 nitrogen and oxygen atoms in total. The van der Waals surface area contributed by atoms with Gasteiger partial charge in [-0.15, -0.1) is 0 Å². The molecule has 0 amide bonds. The van der Waals surface area contributed by atoms with E-state index >= 15 is 0 Å². The van der Waals surface area contributed by atoms with E-state index in [1.165, 1.54) is 6.07 Å². The van der Waals surface area contributed by atoms with Gasteiger partial charge in [-0.2, -0.15) is 0 Å². The molecule has 0 radical (unpaired) electrons. The van der Waals surface area contributed by atoms with Crippen molar-refractivity contribution < 1.29 is 4.39 Å². The fourth-order valence-electron chi connectivity index (χ4n) is 1.72. The van der Waals surface area contributed by atoms with Crippen LogP contribution in [0.4, 0.5) is 21.5 Å². The Kier molecular flexibility index (Phi) is 3.57. The second kappa shape index (κ2) is 4.98. The summed E-state index contributed by atoms with van der Waals surface area (Å²) in [7, 11) is 0. The third-order valence-electron chi connectivity index (χ3n) is 2.74. The summed E-state index contributed by atoms with van der Waals surface area (Å²) in [5.74, 6) is -0.269. The molecular weight excluding hydrogens is 295 g/mol. The summed E-state index contributed by atoms with van der Waals surface area (Å²) in [5.41, 5.74) is 10.2. The summed E-state index contributed by atoms with van der Waals surface area (Å²) in [6.45, 7) is 3.84. The first kappa shape index (κ1) is 12.9. The van der Waals surface area contributed by atoms with Crippen LogP contribution in [0.5, 0.6) is 0 Å². The average molecular weight is 309 g/mol. The largest absolute Gasteiger partial charge is 0.397 e. The second-order valence-corrected chi connectivity index (χ2v) is 5.15. The zero-order valence-electron chi connectivity index (χ0n) is 10.2. The number of nitrogen functional groups attached to an aromatic ring is 1. The van der Waals surface area contributed by atoms with Crippen molar-refractivity contribution in [2.75, 3.05) is 11.1 Å². The van der Waals surface area contributed by atoms with Crippen LogP contribution in [0.3, 0.4) is 0 Å². The van der Waals surface area contributed by atoms with Crippen molar-refractivity contribution in [3.05, 3.63) is 51.7 Å². The van der Waals surface area contributed by atoms with Crippen molar-refractivity contribution in [1.29, 1.82) is 0 Å². The van der Waals surface area contributed by atoms with E-state index in [2.05, 4.69) is 21.2 Å². The van der Waals surface area contributed by atoms with Gasteiger partial charge in [-0.3, -0.25) is 0 Å². The number of benzene rings is 2. The molecule has 0 aliphatic heterocycles. The summed E-state index contributed by atoms with van der Waals surface area (Å²) in [6, 6.07) is 8.99. The predicted molar refractivity (Wildman–Crippen MR) is 77.7 cm³/mol. The molecule has 0 bridgehead atoms. The van der Waals surface area contributed by atoms with Crippen LogP contribution in [0.2, 0.25) is 0 Å². The minimum Gasteiger partial charge on any atom is -0.397 e. The molecule has 2 aromatic carbocycles. The first-order valence-electron chi connectivity index (χ1n) is 5.56. The first-order chi connectivity index (χ1) is 8.47. The number of anilines is 3. The Balaban J connectivity index is 2.37. The quantitative estimate of drug-likeness (QED) is 0.800. The lowest BCUT2D eigenvalue weighted by Crippen LogP contribution is -1.99. The minimum absolute atomic E-state index is 0.269. The van der Waals surface area contributed by atoms with Gasteiger partial charge in [0.05, 0.1) is 15.8 Å². The molecule has 0 saturated carbocycles. The lowest BCUT2D eigenvalue weighted by Gasteiger charge is -2.13. The van der Waals surface area contributed by atoms with Crippen LogP contribution in [0.15, 0.2) is 34.8 Å². The molecule has 2 aromatic rings. The Hall–Kier alpha value is -1.55. The molecule has 0 atom stereocenters. The Morgan fingerprint density at radius 3 is 2.50 bits per heavy atom. The average Bonchev–Trinajstić information content (AvgIpc) is 2.29. The van der Waals surface area contributed by atoms with Crippen molar-refractivity contribution in [3.63, 3.8) is 0 Å². The highest BCUT2D eigenvalue weighted by atomic mass is 79.9. The topological polar surface area (TPSA) is 38.0 Å². The molecule has 0 aliphatic carbocycles. The van der Waals surface area contributed by atoms with Gasteiger partial charge in [0, 0.05) is 5.69 Å². The van der Waals surface area contributed by atoms with Crippen LogP contribution in [0.1, 0.15) is 11.1 Å². The maximum absolute atomic E-state index is 13.3. The van der Waals surface area contributed by atoms with Crippen LogP contribution >= 0.6 is 15.9 Å². The molecule has 0 saturated heterocycles. The minimum atomic E-state index is -0.269. The molecule has 0 aliphatic rings. The maximum Gasteiger partial charge on any atom is 0.137 e. The number of rotatable bonds is 2. The fraction of sp³-hybridized carbons (Fsp3) is 0.143. The van der Waals surface area contributed by atoms with Gasteiger partial charge in [0.25, 0.3) is 0 Å². The van der Waals surface area contributed by atoms with Gasteiger partial charge >= 0.3 is 0 Å². The van der Waals surface area contributed by atoms with Gasteiger partial charge in [-0.25, -0.2) is 4.39 Å². The molecule has 0 unspecified atom stereocenters. The van der Waals surface area contributed by atoms with Crippen molar-refractivity contribution >= 4 is 33.0 Å². The molecule has 0 heterocycles. The van der Waals surface area contributed by atoms with Crippen LogP contribution < -0.4 is 11.1 Å². The van der Waals surface area contributed by atoms with E-state index in [4.69, 9.17) is 5.73 Å². The normalized spacial score (nSPS) is 10.4. The van der Waals surface area contributed by atoms with Gasteiger partial charge in [-0.1, -0.05) is 6.07 Å². The Bertz CT molecular complexity index is 597. The standard InChI is InChI=1S/C14H14BrFN2/c1-8-3-4-13(12(17)5-8)18-14-7-10(15)11(16)6-9(14)2/h3-7,18H,17H2,1-2H3. The number of halogens is 2. The molecule has 2 rings (SSSR count). The van der Waals surface area contributed by atoms with E-state index in [-0.39, 0.29) is 5.82 Å². The number of hydrogen-bond donors (Lipinski definition) is 2. The first-order valence-corrected chi connectivity index (χ1v) is 6.35. The van der Waals surface area contributed by atoms with E-state index in [9.17, 15) is 4.39 Å². The summed E-state index contributed by atoms with van der Waals surface area (Å²) >= 11 is 3.18. The van der Waals surface area contributed by atoms with Gasteiger partial charge in [-0.05, 0) is 65.2 Å². The summed E-state index contributed by atoms with van der Waals surface area (Å²) in [5, 5.41) is 3.21. The van der Waals surface area contributed by atoms with E-state index < -0.39 is 0 Å². The van der Waals surface area contributed by atoms with E-state index in [1.54, 1.807) is 6.07 Å². The SMILES string of the molecule is Cc1ccc(Nc2cc(Br)c(F)cc2C)c(N)c1. The highest BCUT2D eigenvalue weighted by Gasteiger charge is 2.07. The Labute approximate surface area is 114 Å². The molecule has 0 aromatic heterocycles. The highest BCUT2D eigenvalue weighted by Crippen LogP contribution is 2.29. The van der Waals surface area contributed by atoms with Crippen LogP contribution in [0.25, 0.3) is 0 Å². The molecule has 0 fully saturated rings. The highest BCUT2D eigenvalue weighted by molar-refractivity contribution is 9.10. The third kappa shape index (κ3) is 2.64. The van der Waals surface area contributed by atoms with Gasteiger partial charge < -0.3 is 11.1 Å². The van der Waals surface area contributed by atoms with Crippen molar-refractivity contribution in [2.45, 2.75) is 13.8 Å². The lowest BCUT2D eigenvalue weighted by molar-refractivity contribution is 0.620. The van der Waals surface area contributed by atoms with Gasteiger partial charge in [0.2, 0.25) is 0 Å². The van der Waals surface area contributed by atoms with Crippen molar-refractivity contribution in [2.24, 2.45) is 0 Å². The molecule has 0 spiro atoms. The van der Waals surface area contributed by atoms with Crippen molar-refractivity contribution in [3.8, 4) is 0 Å². The molecule has 4 heteroatoms. The zero-order valence-corrected chi connectivity index (χ0v) is 11.8. The van der Waals surface area contributed by atoms with Crippen molar-refractivity contribution in [1.82, 2.24) is 0 Å². The number of nitrogens with one attached hydrogen (secondary N) is 1. The lowest BCUT2D eigenvalue weighted by atomic mass is 10.1. The van der Waals surface area contributed by atoms with E-state index in [1.807, 2.05) is 32.0 Å².